The van der Waals surface area contributed by atoms with Crippen molar-refractivity contribution in [3.8, 4) is 5.75 Å². The molecule has 2 saturated heterocycles. The number of carbonyl (C=O) groups is 1. The molecule has 2 aromatic rings. The molecule has 3 fully saturated rings. The minimum atomic E-state index is -4.49. The van der Waals surface area contributed by atoms with Crippen molar-refractivity contribution in [1.82, 2.24) is 4.90 Å². The van der Waals surface area contributed by atoms with Crippen LogP contribution in [0.2, 0.25) is 0 Å². The molecular formula is C28H34F3NO3. The molecule has 2 atom stereocenters. The minimum Gasteiger partial charge on any atom is -0.490 e. The molecule has 4 nitrogen and oxygen atoms in total. The van der Waals surface area contributed by atoms with Gasteiger partial charge in [0.1, 0.15) is 11.3 Å². The summed E-state index contributed by atoms with van der Waals surface area (Å²) < 4.78 is 48.3. The molecule has 0 spiro atoms. The van der Waals surface area contributed by atoms with E-state index >= 15 is 0 Å². The number of carboxylic acid groups (broad SMARTS) is 1. The number of ether oxygens (including phenoxy) is 1. The Labute approximate surface area is 204 Å². The average molecular weight is 490 g/mol. The first kappa shape index (κ1) is 24.4. The molecule has 190 valence electrons. The summed E-state index contributed by atoms with van der Waals surface area (Å²) in [7, 11) is 0. The predicted molar refractivity (Wildman–Crippen MR) is 129 cm³/mol. The highest BCUT2D eigenvalue weighted by Gasteiger charge is 2.42. The van der Waals surface area contributed by atoms with Crippen LogP contribution >= 0.6 is 0 Å². The van der Waals surface area contributed by atoms with Crippen molar-refractivity contribution in [3.63, 3.8) is 0 Å². The average Bonchev–Trinajstić information content (AvgIpc) is 3.04. The van der Waals surface area contributed by atoms with Gasteiger partial charge in [0.25, 0.3) is 0 Å². The Balaban J connectivity index is 1.32. The van der Waals surface area contributed by atoms with Crippen molar-refractivity contribution in [2.24, 2.45) is 11.8 Å². The lowest BCUT2D eigenvalue weighted by molar-refractivity contribution is -0.144. The van der Waals surface area contributed by atoms with Crippen molar-refractivity contribution in [2.75, 3.05) is 6.54 Å². The molecule has 3 aliphatic rings. The van der Waals surface area contributed by atoms with Gasteiger partial charge in [0.15, 0.2) is 0 Å². The maximum absolute atomic E-state index is 14.1. The monoisotopic (exact) mass is 489 g/mol. The number of rotatable bonds is 6. The zero-order valence-corrected chi connectivity index (χ0v) is 20.2. The number of nitrogens with zero attached hydrogens (tertiary/aromatic N) is 1. The van der Waals surface area contributed by atoms with Gasteiger partial charge in [-0.15, -0.1) is 0 Å². The molecule has 0 amide bonds. The zero-order valence-electron chi connectivity index (χ0n) is 20.2. The quantitative estimate of drug-likeness (QED) is 0.491. The highest BCUT2D eigenvalue weighted by atomic mass is 19.4. The SMILES string of the molecule is CC1CCC(Oc2ccc3cc(CCN4C5CCC4CC(C(=O)O)C5)ccc3c2C(F)(F)F)CC1. The summed E-state index contributed by atoms with van der Waals surface area (Å²) in [5.41, 5.74) is 0.328. The number of hydrogen-bond donors (Lipinski definition) is 1. The molecule has 5 rings (SSSR count). The van der Waals surface area contributed by atoms with Gasteiger partial charge in [0.2, 0.25) is 0 Å². The van der Waals surface area contributed by atoms with Gasteiger partial charge in [0.05, 0.1) is 12.0 Å². The molecule has 1 saturated carbocycles. The Hall–Kier alpha value is -2.28. The van der Waals surface area contributed by atoms with Crippen LogP contribution in [0.15, 0.2) is 30.3 Å². The Morgan fingerprint density at radius 1 is 1.03 bits per heavy atom. The molecular weight excluding hydrogens is 455 g/mol. The summed E-state index contributed by atoms with van der Waals surface area (Å²) in [6, 6.07) is 9.09. The Morgan fingerprint density at radius 2 is 1.71 bits per heavy atom. The maximum atomic E-state index is 14.1. The summed E-state index contributed by atoms with van der Waals surface area (Å²) in [5, 5.41) is 10.2. The zero-order chi connectivity index (χ0) is 24.7. The van der Waals surface area contributed by atoms with Crippen molar-refractivity contribution >= 4 is 16.7 Å². The van der Waals surface area contributed by atoms with Crippen LogP contribution in [0.4, 0.5) is 13.2 Å². The minimum absolute atomic E-state index is 0.0600. The van der Waals surface area contributed by atoms with E-state index in [1.807, 2.05) is 6.07 Å². The normalized spacial score (nSPS) is 29.4. The topological polar surface area (TPSA) is 49.8 Å². The second-order valence-electron chi connectivity index (χ2n) is 10.9. The van der Waals surface area contributed by atoms with E-state index in [9.17, 15) is 23.1 Å². The molecule has 2 aromatic carbocycles. The fourth-order valence-electron chi connectivity index (χ4n) is 6.53. The number of halogens is 3. The van der Waals surface area contributed by atoms with Crippen LogP contribution in [0, 0.1) is 11.8 Å². The van der Waals surface area contributed by atoms with Crippen LogP contribution in [-0.2, 0) is 17.4 Å². The van der Waals surface area contributed by atoms with Crippen molar-refractivity contribution in [1.29, 1.82) is 0 Å². The fraction of sp³-hybridized carbons (Fsp3) is 0.607. The van der Waals surface area contributed by atoms with E-state index in [1.165, 1.54) is 6.07 Å². The number of piperidine rings is 1. The second-order valence-corrected chi connectivity index (χ2v) is 10.9. The van der Waals surface area contributed by atoms with Crippen molar-refractivity contribution in [3.05, 3.63) is 41.5 Å². The molecule has 1 aliphatic carbocycles. The summed E-state index contributed by atoms with van der Waals surface area (Å²) in [5.74, 6) is -0.405. The van der Waals surface area contributed by atoms with Crippen LogP contribution < -0.4 is 4.74 Å². The number of alkyl halides is 3. The maximum Gasteiger partial charge on any atom is 0.420 e. The fourth-order valence-corrected chi connectivity index (χ4v) is 6.53. The lowest BCUT2D eigenvalue weighted by Crippen LogP contribution is -2.45. The molecule has 1 N–H and O–H groups in total. The largest absolute Gasteiger partial charge is 0.490 e. The molecule has 2 bridgehead atoms. The molecule has 0 radical (unpaired) electrons. The lowest BCUT2D eigenvalue weighted by Gasteiger charge is -2.37. The number of carboxylic acids is 1. The first-order valence-corrected chi connectivity index (χ1v) is 13.0. The number of aliphatic carboxylic acids is 1. The summed E-state index contributed by atoms with van der Waals surface area (Å²) in [6.07, 6.45) is 3.09. The summed E-state index contributed by atoms with van der Waals surface area (Å²) >= 11 is 0. The van der Waals surface area contributed by atoms with Gasteiger partial charge in [-0.05, 0) is 86.1 Å². The van der Waals surface area contributed by atoms with E-state index < -0.39 is 17.7 Å². The van der Waals surface area contributed by atoms with Gasteiger partial charge < -0.3 is 9.84 Å². The number of fused-ring (bicyclic) bond motifs is 3. The molecule has 0 aromatic heterocycles. The third-order valence-electron chi connectivity index (χ3n) is 8.48. The molecule has 2 unspecified atom stereocenters. The van der Waals surface area contributed by atoms with Gasteiger partial charge in [-0.25, -0.2) is 0 Å². The van der Waals surface area contributed by atoms with E-state index in [1.54, 1.807) is 18.2 Å². The van der Waals surface area contributed by atoms with Crippen LogP contribution in [0.25, 0.3) is 10.8 Å². The number of hydrogen-bond acceptors (Lipinski definition) is 3. The lowest BCUT2D eigenvalue weighted by atomic mass is 9.89. The van der Waals surface area contributed by atoms with Crippen molar-refractivity contribution in [2.45, 2.75) is 89.1 Å². The molecule has 35 heavy (non-hydrogen) atoms. The molecule has 7 heteroatoms. The van der Waals surface area contributed by atoms with Crippen LogP contribution in [0.3, 0.4) is 0 Å². The van der Waals surface area contributed by atoms with E-state index in [2.05, 4.69) is 11.8 Å². The molecule has 2 aliphatic heterocycles. The first-order valence-electron chi connectivity index (χ1n) is 13.0. The van der Waals surface area contributed by atoms with E-state index in [-0.39, 0.29) is 23.2 Å². The van der Waals surface area contributed by atoms with Gasteiger partial charge in [0, 0.05) is 18.6 Å². The predicted octanol–water partition coefficient (Wildman–Crippen LogP) is 6.69. The summed E-state index contributed by atoms with van der Waals surface area (Å²) in [4.78, 5) is 13.8. The van der Waals surface area contributed by atoms with Crippen LogP contribution in [0.1, 0.15) is 69.4 Å². The van der Waals surface area contributed by atoms with Gasteiger partial charge >= 0.3 is 12.1 Å². The highest BCUT2D eigenvalue weighted by Crippen LogP contribution is 2.43. The van der Waals surface area contributed by atoms with Gasteiger partial charge in [-0.1, -0.05) is 31.2 Å². The van der Waals surface area contributed by atoms with E-state index in [4.69, 9.17) is 4.74 Å². The summed E-state index contributed by atoms with van der Waals surface area (Å²) in [6.45, 7) is 2.98. The third-order valence-corrected chi connectivity index (χ3v) is 8.48. The number of benzene rings is 2. The third kappa shape index (κ3) is 5.16. The Kier molecular flexibility index (Phi) is 6.73. The van der Waals surface area contributed by atoms with Crippen LogP contribution in [-0.4, -0.2) is 40.7 Å². The molecule has 2 heterocycles. The Bertz CT molecular complexity index is 1060. The van der Waals surface area contributed by atoms with Crippen LogP contribution in [0.5, 0.6) is 5.75 Å². The Morgan fingerprint density at radius 3 is 2.34 bits per heavy atom. The smallest absolute Gasteiger partial charge is 0.420 e. The van der Waals surface area contributed by atoms with E-state index in [0.717, 1.165) is 57.1 Å². The second kappa shape index (κ2) is 9.64. The first-order chi connectivity index (χ1) is 16.7. The van der Waals surface area contributed by atoms with Crippen molar-refractivity contribution < 1.29 is 27.8 Å². The standard InChI is InChI=1S/C28H34F3NO3/c1-17-2-8-23(9-3-17)35-25-11-5-19-14-18(4-10-24(19)26(25)28(29,30)31)12-13-32-21-6-7-22(32)16-20(15-21)27(33)34/h4-5,10-11,14,17,20-23H,2-3,6-9,12-13,15-16H2,1H3,(H,33,34). The highest BCUT2D eigenvalue weighted by molar-refractivity contribution is 5.89. The van der Waals surface area contributed by atoms with E-state index in [0.29, 0.717) is 36.2 Å². The van der Waals surface area contributed by atoms with Gasteiger partial charge in [-0.3, -0.25) is 9.69 Å². The van der Waals surface area contributed by atoms with Gasteiger partial charge in [-0.2, -0.15) is 13.2 Å².